The highest BCUT2D eigenvalue weighted by molar-refractivity contribution is 14.1. The van der Waals surface area contributed by atoms with Crippen LogP contribution >= 0.6 is 34.8 Å². The van der Waals surface area contributed by atoms with Crippen molar-refractivity contribution in [2.24, 2.45) is 0 Å². The summed E-state index contributed by atoms with van der Waals surface area (Å²) < 4.78 is 10.2. The maximum Gasteiger partial charge on any atom is 0.231 e. The van der Waals surface area contributed by atoms with E-state index in [-0.39, 0.29) is 0 Å². The number of hydrogen-bond donors (Lipinski definition) is 0. The number of aryl methyl sites for hydroxylation is 2. The first-order valence-electron chi connectivity index (χ1n) is 14.9. The quantitative estimate of drug-likeness (QED) is 0.0984. The van der Waals surface area contributed by atoms with Crippen molar-refractivity contribution in [3.05, 3.63) is 54.0 Å². The minimum atomic E-state index is 0.594. The third-order valence-electron chi connectivity index (χ3n) is 8.48. The van der Waals surface area contributed by atoms with Crippen molar-refractivity contribution < 1.29 is 4.74 Å². The lowest BCUT2D eigenvalue weighted by molar-refractivity contribution is 0.249. The van der Waals surface area contributed by atoms with Crippen LogP contribution in [0.15, 0.2) is 42.9 Å². The molecule has 5 rings (SSSR count). The summed E-state index contributed by atoms with van der Waals surface area (Å²) in [6.07, 6.45) is 10.6. The number of halogens is 1. The summed E-state index contributed by atoms with van der Waals surface area (Å²) >= 11 is 3.97. The summed E-state index contributed by atoms with van der Waals surface area (Å²) in [5.41, 5.74) is 8.07. The Labute approximate surface area is 279 Å². The smallest absolute Gasteiger partial charge is 0.231 e. The first-order chi connectivity index (χ1) is 21.2. The highest BCUT2D eigenvalue weighted by Gasteiger charge is 2.26. The molecule has 0 atom stereocenters. The van der Waals surface area contributed by atoms with Crippen molar-refractivity contribution in [2.45, 2.75) is 39.2 Å². The first-order valence-corrected chi connectivity index (χ1v) is 17.0. The molecule has 44 heavy (non-hydrogen) atoms. The Balaban J connectivity index is 1.51. The molecule has 3 heterocycles. The average Bonchev–Trinajstić information content (AvgIpc) is 3.06. The molecule has 0 saturated carbocycles. The molecule has 0 aliphatic carbocycles. The maximum atomic E-state index is 5.96. The molecule has 0 N–H and O–H groups in total. The van der Waals surface area contributed by atoms with Crippen LogP contribution in [0.1, 0.15) is 30.9 Å². The third-order valence-corrected chi connectivity index (χ3v) is 10.2. The molecule has 2 aromatic carbocycles. The standard InChI is InChI=1S/C32H42IN9OS/c1-9-22-20-36-32(37-31(22)42(33)25-11-10-24-29(35-15-14-34-24)30(25)40(6)44-8)39(5)27-18-21(2)26(19-28(27)43-7)41-16-12-23(13-17-41)38(3)4/h10-11,14-15,18-20,23H,9,12-13,16-17H2,1-8H3. The number of nitrogens with zero attached hydrogens (tertiary/aromatic N) is 9. The Morgan fingerprint density at radius 1 is 1.02 bits per heavy atom. The molecule has 1 fully saturated rings. The van der Waals surface area contributed by atoms with Crippen LogP contribution in [0.2, 0.25) is 0 Å². The van der Waals surface area contributed by atoms with E-state index in [1.807, 2.05) is 31.3 Å². The SMILES string of the molecule is CCc1cnc(N(C)c2cc(C)c(N3CCC(N(C)C)CC3)cc2OC)nc1N(I)c1ccc2nccnc2c1N(C)SC. The zero-order valence-electron chi connectivity index (χ0n) is 26.9. The number of benzene rings is 2. The molecule has 0 spiro atoms. The molecular weight excluding hydrogens is 685 g/mol. The van der Waals surface area contributed by atoms with Crippen LogP contribution in [0.5, 0.6) is 5.75 Å². The van der Waals surface area contributed by atoms with Gasteiger partial charge < -0.3 is 23.7 Å². The highest BCUT2D eigenvalue weighted by atomic mass is 127. The fourth-order valence-electron chi connectivity index (χ4n) is 5.81. The van der Waals surface area contributed by atoms with E-state index in [0.29, 0.717) is 12.0 Å². The van der Waals surface area contributed by atoms with Gasteiger partial charge in [0, 0.05) is 75.4 Å². The van der Waals surface area contributed by atoms with Crippen molar-refractivity contribution in [2.75, 3.05) is 71.9 Å². The van der Waals surface area contributed by atoms with Crippen molar-refractivity contribution >= 4 is 80.4 Å². The van der Waals surface area contributed by atoms with Gasteiger partial charge >= 0.3 is 0 Å². The summed E-state index contributed by atoms with van der Waals surface area (Å²) in [4.78, 5) is 26.0. The Hall–Kier alpha value is -3.10. The second kappa shape index (κ2) is 13.9. The molecule has 0 unspecified atom stereocenters. The van der Waals surface area contributed by atoms with Gasteiger partial charge in [0.05, 0.1) is 52.6 Å². The fourth-order valence-corrected chi connectivity index (χ4v) is 6.98. The van der Waals surface area contributed by atoms with Gasteiger partial charge in [-0.05, 0) is 64.0 Å². The molecule has 1 aliphatic heterocycles. The number of ether oxygens (including phenoxy) is 1. The van der Waals surface area contributed by atoms with Gasteiger partial charge in [0.25, 0.3) is 0 Å². The summed E-state index contributed by atoms with van der Waals surface area (Å²) in [6, 6.07) is 9.10. The number of fused-ring (bicyclic) bond motifs is 1. The van der Waals surface area contributed by atoms with E-state index in [0.717, 1.165) is 77.6 Å². The van der Waals surface area contributed by atoms with E-state index in [4.69, 9.17) is 14.7 Å². The molecule has 0 bridgehead atoms. The average molecular weight is 728 g/mol. The molecule has 1 aliphatic rings. The molecule has 234 valence electrons. The van der Waals surface area contributed by atoms with Crippen molar-refractivity contribution in [3.8, 4) is 5.75 Å². The van der Waals surface area contributed by atoms with Gasteiger partial charge in [0.2, 0.25) is 5.95 Å². The fraction of sp³-hybridized carbons (Fsp3) is 0.438. The summed E-state index contributed by atoms with van der Waals surface area (Å²) in [6.45, 7) is 6.37. The number of hydrogen-bond acceptors (Lipinski definition) is 11. The molecule has 1 saturated heterocycles. The normalized spacial score (nSPS) is 13.9. The molecule has 0 amide bonds. The molecule has 10 nitrogen and oxygen atoms in total. The van der Waals surface area contributed by atoms with Gasteiger partial charge in [-0.3, -0.25) is 13.1 Å². The minimum Gasteiger partial charge on any atom is -0.494 e. The van der Waals surface area contributed by atoms with E-state index in [2.05, 4.69) is 102 Å². The Morgan fingerprint density at radius 2 is 1.75 bits per heavy atom. The van der Waals surface area contributed by atoms with Crippen molar-refractivity contribution in [1.82, 2.24) is 24.8 Å². The predicted molar refractivity (Wildman–Crippen MR) is 194 cm³/mol. The van der Waals surface area contributed by atoms with E-state index in [1.165, 1.54) is 11.3 Å². The lowest BCUT2D eigenvalue weighted by Gasteiger charge is -2.37. The van der Waals surface area contributed by atoms with E-state index >= 15 is 0 Å². The van der Waals surface area contributed by atoms with E-state index in [1.54, 1.807) is 31.5 Å². The van der Waals surface area contributed by atoms with Gasteiger partial charge in [-0.15, -0.1) is 0 Å². The van der Waals surface area contributed by atoms with Gasteiger partial charge in [0.1, 0.15) is 11.3 Å². The summed E-state index contributed by atoms with van der Waals surface area (Å²) in [5.74, 6) is 2.23. The largest absolute Gasteiger partial charge is 0.494 e. The van der Waals surface area contributed by atoms with Gasteiger partial charge in [-0.25, -0.2) is 4.98 Å². The molecular formula is C32H42IN9OS. The van der Waals surface area contributed by atoms with Gasteiger partial charge in [-0.2, -0.15) is 4.98 Å². The van der Waals surface area contributed by atoms with E-state index < -0.39 is 0 Å². The second-order valence-corrected chi connectivity index (χ2v) is 13.1. The van der Waals surface area contributed by atoms with E-state index in [9.17, 15) is 0 Å². The number of methoxy groups -OCH3 is 1. The van der Waals surface area contributed by atoms with Crippen LogP contribution in [0, 0.1) is 6.92 Å². The number of anilines is 6. The predicted octanol–water partition coefficient (Wildman–Crippen LogP) is 6.80. The van der Waals surface area contributed by atoms with Crippen LogP contribution in [0.4, 0.5) is 34.5 Å². The monoisotopic (exact) mass is 727 g/mol. The lowest BCUT2D eigenvalue weighted by Crippen LogP contribution is -2.42. The molecule has 12 heteroatoms. The Morgan fingerprint density at radius 3 is 2.41 bits per heavy atom. The zero-order chi connectivity index (χ0) is 31.5. The van der Waals surface area contributed by atoms with Gasteiger partial charge in [0.15, 0.2) is 5.82 Å². The second-order valence-electron chi connectivity index (χ2n) is 11.2. The Bertz CT molecular complexity index is 1610. The van der Waals surface area contributed by atoms with Crippen molar-refractivity contribution in [3.63, 3.8) is 0 Å². The van der Waals surface area contributed by atoms with Crippen LogP contribution in [0.25, 0.3) is 11.0 Å². The van der Waals surface area contributed by atoms with Crippen LogP contribution in [-0.2, 0) is 6.42 Å². The number of rotatable bonds is 10. The maximum absolute atomic E-state index is 5.96. The zero-order valence-corrected chi connectivity index (χ0v) is 29.8. The summed E-state index contributed by atoms with van der Waals surface area (Å²) in [7, 11) is 10.1. The van der Waals surface area contributed by atoms with Crippen LogP contribution in [-0.4, -0.2) is 85.5 Å². The Kier molecular flexibility index (Phi) is 10.2. The summed E-state index contributed by atoms with van der Waals surface area (Å²) in [5, 5.41) is 0. The van der Waals surface area contributed by atoms with Crippen molar-refractivity contribution in [1.29, 1.82) is 0 Å². The van der Waals surface area contributed by atoms with Crippen LogP contribution in [0.3, 0.4) is 0 Å². The molecule has 0 radical (unpaired) electrons. The number of piperidine rings is 1. The number of aromatic nitrogens is 4. The topological polar surface area (TPSA) is 77.0 Å². The minimum absolute atomic E-state index is 0.594. The van der Waals surface area contributed by atoms with Crippen LogP contribution < -0.4 is 22.0 Å². The molecule has 2 aromatic heterocycles. The molecule has 4 aromatic rings. The van der Waals surface area contributed by atoms with Gasteiger partial charge in [-0.1, -0.05) is 18.9 Å². The lowest BCUT2D eigenvalue weighted by atomic mass is 10.0. The first kappa shape index (κ1) is 32.3. The highest BCUT2D eigenvalue weighted by Crippen LogP contribution is 2.44. The third kappa shape index (κ3) is 6.34.